The molecule has 3 heterocycles. The van der Waals surface area contributed by atoms with E-state index in [0.29, 0.717) is 27.5 Å². The van der Waals surface area contributed by atoms with Crippen LogP contribution in [-0.4, -0.2) is 32.8 Å². The van der Waals surface area contributed by atoms with Crippen LogP contribution in [0.2, 0.25) is 0 Å². The Bertz CT molecular complexity index is 1300. The fourth-order valence-corrected chi connectivity index (χ4v) is 5.02. The van der Waals surface area contributed by atoms with Gasteiger partial charge in [-0.1, -0.05) is 19.1 Å². The molecule has 0 radical (unpaired) electrons. The van der Waals surface area contributed by atoms with Gasteiger partial charge in [0.1, 0.15) is 10.5 Å². The largest absolute Gasteiger partial charge is 0.358 e. The van der Waals surface area contributed by atoms with Gasteiger partial charge in [0, 0.05) is 18.1 Å². The molecule has 1 amide bonds. The number of rotatable bonds is 3. The summed E-state index contributed by atoms with van der Waals surface area (Å²) in [6.07, 6.45) is 3.25. The normalized spacial score (nSPS) is 16.3. The molecule has 2 N–H and O–H groups in total. The second-order valence-electron chi connectivity index (χ2n) is 7.97. The van der Waals surface area contributed by atoms with E-state index in [9.17, 15) is 9.59 Å². The highest BCUT2D eigenvalue weighted by molar-refractivity contribution is 7.17. The molecule has 0 aliphatic heterocycles. The topological polar surface area (TPSA) is 81.8 Å². The summed E-state index contributed by atoms with van der Waals surface area (Å²) in [6.45, 7) is 2.52. The van der Waals surface area contributed by atoms with Crippen molar-refractivity contribution in [2.24, 2.45) is 5.92 Å². The molecule has 29 heavy (non-hydrogen) atoms. The number of fused-ring (bicyclic) bond motifs is 4. The molecule has 0 bridgehead atoms. The summed E-state index contributed by atoms with van der Waals surface area (Å²) in [7, 11) is 1.74. The summed E-state index contributed by atoms with van der Waals surface area (Å²) in [6, 6.07) is 7.74. The van der Waals surface area contributed by atoms with Crippen molar-refractivity contribution in [3.63, 3.8) is 0 Å². The average Bonchev–Trinajstić information content (AvgIpc) is 3.31. The Balaban J connectivity index is 1.48. The van der Waals surface area contributed by atoms with E-state index in [2.05, 4.69) is 27.9 Å². The first-order chi connectivity index (χ1) is 14.0. The van der Waals surface area contributed by atoms with Gasteiger partial charge < -0.3 is 14.9 Å². The third-order valence-electron chi connectivity index (χ3n) is 5.80. The zero-order valence-corrected chi connectivity index (χ0v) is 17.2. The fraction of sp³-hybridized carbons (Fsp3) is 0.318. The van der Waals surface area contributed by atoms with Gasteiger partial charge in [-0.25, -0.2) is 4.98 Å². The van der Waals surface area contributed by atoms with Crippen molar-refractivity contribution in [1.29, 1.82) is 0 Å². The highest BCUT2D eigenvalue weighted by atomic mass is 32.1. The van der Waals surface area contributed by atoms with Gasteiger partial charge in [-0.3, -0.25) is 9.59 Å². The summed E-state index contributed by atoms with van der Waals surface area (Å²) in [5.74, 6) is 1.07. The van der Waals surface area contributed by atoms with E-state index in [1.165, 1.54) is 29.0 Å². The molecule has 4 aromatic rings. The number of aryl methyl sites for hydroxylation is 1. The number of aromatic nitrogens is 3. The Hall–Kier alpha value is -2.93. The number of hydrogen-bond donors (Lipinski definition) is 2. The molecule has 148 valence electrons. The van der Waals surface area contributed by atoms with Crippen LogP contribution in [0, 0.1) is 5.92 Å². The van der Waals surface area contributed by atoms with E-state index in [1.54, 1.807) is 11.9 Å². The number of thiophene rings is 1. The number of aromatic amines is 2. The predicted octanol–water partition coefficient (Wildman–Crippen LogP) is 3.86. The minimum atomic E-state index is -0.158. The van der Waals surface area contributed by atoms with Gasteiger partial charge in [-0.15, -0.1) is 11.3 Å². The van der Waals surface area contributed by atoms with Gasteiger partial charge in [-0.2, -0.15) is 0 Å². The zero-order valence-electron chi connectivity index (χ0n) is 16.4. The van der Waals surface area contributed by atoms with E-state index in [4.69, 9.17) is 0 Å². The van der Waals surface area contributed by atoms with Gasteiger partial charge >= 0.3 is 0 Å². The summed E-state index contributed by atoms with van der Waals surface area (Å²) in [4.78, 5) is 37.8. The Kier molecular flexibility index (Phi) is 4.28. The van der Waals surface area contributed by atoms with Crippen LogP contribution in [0.25, 0.3) is 21.1 Å². The lowest BCUT2D eigenvalue weighted by atomic mass is 9.87. The van der Waals surface area contributed by atoms with E-state index >= 15 is 0 Å². The number of carbonyl (C=O) groups is 1. The van der Waals surface area contributed by atoms with E-state index < -0.39 is 0 Å². The van der Waals surface area contributed by atoms with Crippen molar-refractivity contribution in [2.45, 2.75) is 32.7 Å². The molecule has 5 rings (SSSR count). The van der Waals surface area contributed by atoms with Crippen LogP contribution in [0.4, 0.5) is 0 Å². The molecule has 1 aliphatic rings. The van der Waals surface area contributed by atoms with Crippen LogP contribution in [0.3, 0.4) is 0 Å². The quantitative estimate of drug-likeness (QED) is 0.542. The first kappa shape index (κ1) is 18.1. The molecule has 3 aromatic heterocycles. The molecular formula is C22H22N4O2S. The smallest absolute Gasteiger partial charge is 0.268 e. The minimum Gasteiger partial charge on any atom is -0.358 e. The Morgan fingerprint density at radius 2 is 2.17 bits per heavy atom. The molecule has 0 fully saturated rings. The van der Waals surface area contributed by atoms with Crippen molar-refractivity contribution in [1.82, 2.24) is 19.9 Å². The molecular weight excluding hydrogens is 384 g/mol. The van der Waals surface area contributed by atoms with Crippen molar-refractivity contribution in [3.05, 3.63) is 62.6 Å². The first-order valence-electron chi connectivity index (χ1n) is 9.85. The predicted molar refractivity (Wildman–Crippen MR) is 116 cm³/mol. The molecule has 1 aliphatic carbocycles. The van der Waals surface area contributed by atoms with Crippen LogP contribution >= 0.6 is 11.3 Å². The number of nitrogens with zero attached hydrogens (tertiary/aromatic N) is 2. The zero-order chi connectivity index (χ0) is 20.1. The highest BCUT2D eigenvalue weighted by Crippen LogP contribution is 2.33. The molecule has 1 atom stereocenters. The van der Waals surface area contributed by atoms with Crippen molar-refractivity contribution >= 4 is 38.4 Å². The van der Waals surface area contributed by atoms with Crippen LogP contribution in [0.1, 0.15) is 40.8 Å². The SMILES string of the molecule is C[C@H]1CCc2[nH]c3c(C(=O)N(C)Cc4nc5ccsc5c(=O)[nH]4)cccc3c2C1. The van der Waals surface area contributed by atoms with Crippen molar-refractivity contribution < 1.29 is 4.79 Å². The number of carbonyl (C=O) groups excluding carboxylic acids is 1. The number of hydrogen-bond acceptors (Lipinski definition) is 4. The van der Waals surface area contributed by atoms with Gasteiger partial charge in [0.25, 0.3) is 11.5 Å². The van der Waals surface area contributed by atoms with Crippen LogP contribution in [0.15, 0.2) is 34.4 Å². The number of para-hydroxylation sites is 1. The summed E-state index contributed by atoms with van der Waals surface area (Å²) in [5.41, 5.74) is 4.70. The standard InChI is InChI=1S/C22H22N4O2S/c1-12-6-7-16-15(10-12)13-4-3-5-14(19(13)24-16)22(28)26(2)11-18-23-17-8-9-29-20(17)21(27)25-18/h3-5,8-9,12,24H,6-7,10-11H2,1-2H3,(H,23,25,27)/t12-/m0/s1. The number of amides is 1. The molecule has 0 saturated carbocycles. The summed E-state index contributed by atoms with van der Waals surface area (Å²) < 4.78 is 0.610. The van der Waals surface area contributed by atoms with Crippen LogP contribution in [-0.2, 0) is 19.4 Å². The van der Waals surface area contributed by atoms with Gasteiger partial charge in [0.05, 0.1) is 23.1 Å². The Labute approximate surface area is 171 Å². The molecule has 0 unspecified atom stereocenters. The van der Waals surface area contributed by atoms with Crippen molar-refractivity contribution in [2.75, 3.05) is 7.05 Å². The molecule has 1 aromatic carbocycles. The lowest BCUT2D eigenvalue weighted by molar-refractivity contribution is 0.0783. The second kappa shape index (κ2) is 6.84. The molecule has 7 heteroatoms. The maximum Gasteiger partial charge on any atom is 0.268 e. The van der Waals surface area contributed by atoms with Crippen LogP contribution < -0.4 is 5.56 Å². The number of benzene rings is 1. The minimum absolute atomic E-state index is 0.0877. The van der Waals surface area contributed by atoms with Crippen LogP contribution in [0.5, 0.6) is 0 Å². The third kappa shape index (κ3) is 3.06. The molecule has 0 spiro atoms. The summed E-state index contributed by atoms with van der Waals surface area (Å²) >= 11 is 1.37. The second-order valence-corrected chi connectivity index (χ2v) is 8.88. The maximum atomic E-state index is 13.2. The fourth-order valence-electron chi connectivity index (χ4n) is 4.29. The number of H-pyrrole nitrogens is 2. The Morgan fingerprint density at radius 3 is 3.03 bits per heavy atom. The van der Waals surface area contributed by atoms with E-state index in [0.717, 1.165) is 23.7 Å². The third-order valence-corrected chi connectivity index (χ3v) is 6.70. The lowest BCUT2D eigenvalue weighted by Gasteiger charge is -2.18. The monoisotopic (exact) mass is 406 g/mol. The first-order valence-corrected chi connectivity index (χ1v) is 10.7. The maximum absolute atomic E-state index is 13.2. The average molecular weight is 407 g/mol. The lowest BCUT2D eigenvalue weighted by Crippen LogP contribution is -2.28. The highest BCUT2D eigenvalue weighted by Gasteiger charge is 2.23. The molecule has 0 saturated heterocycles. The van der Waals surface area contributed by atoms with E-state index in [1.807, 2.05) is 23.6 Å². The van der Waals surface area contributed by atoms with Gasteiger partial charge in [0.15, 0.2) is 0 Å². The van der Waals surface area contributed by atoms with Gasteiger partial charge in [-0.05, 0) is 48.3 Å². The van der Waals surface area contributed by atoms with Crippen molar-refractivity contribution in [3.8, 4) is 0 Å². The summed E-state index contributed by atoms with van der Waals surface area (Å²) in [5, 5.41) is 3.00. The van der Waals surface area contributed by atoms with E-state index in [-0.39, 0.29) is 18.0 Å². The van der Waals surface area contributed by atoms with Gasteiger partial charge in [0.2, 0.25) is 0 Å². The molecule has 6 nitrogen and oxygen atoms in total. The Morgan fingerprint density at radius 1 is 1.31 bits per heavy atom. The number of nitrogens with one attached hydrogen (secondary N) is 2.